The third kappa shape index (κ3) is 2.22. The molecule has 5 heteroatoms. The third-order valence-electron chi connectivity index (χ3n) is 4.99. The van der Waals surface area contributed by atoms with Crippen molar-refractivity contribution in [3.63, 3.8) is 0 Å². The Balaban J connectivity index is 1.81. The number of amides is 2. The van der Waals surface area contributed by atoms with Crippen LogP contribution < -0.4 is 5.32 Å². The van der Waals surface area contributed by atoms with Gasteiger partial charge in [-0.3, -0.25) is 14.5 Å². The van der Waals surface area contributed by atoms with Crippen molar-refractivity contribution in [2.45, 2.75) is 58.2 Å². The van der Waals surface area contributed by atoms with Crippen molar-refractivity contribution in [2.75, 3.05) is 19.6 Å². The lowest BCUT2D eigenvalue weighted by atomic mass is 9.84. The second-order valence-corrected chi connectivity index (χ2v) is 7.43. The predicted molar refractivity (Wildman–Crippen MR) is 76.1 cm³/mol. The fourth-order valence-corrected chi connectivity index (χ4v) is 3.95. The van der Waals surface area contributed by atoms with Crippen molar-refractivity contribution in [3.8, 4) is 0 Å². The maximum atomic E-state index is 12.8. The number of carbonyl (C=O) groups is 2. The summed E-state index contributed by atoms with van der Waals surface area (Å²) in [6.07, 6.45) is 3.40. The molecule has 0 bridgehead atoms. The van der Waals surface area contributed by atoms with E-state index in [-0.39, 0.29) is 35.9 Å². The van der Waals surface area contributed by atoms with E-state index < -0.39 is 0 Å². The summed E-state index contributed by atoms with van der Waals surface area (Å²) in [6, 6.07) is 0.325. The number of fused-ring (bicyclic) bond motifs is 1. The summed E-state index contributed by atoms with van der Waals surface area (Å²) in [5.74, 6) is 0.0943. The van der Waals surface area contributed by atoms with Crippen molar-refractivity contribution in [2.24, 2.45) is 5.41 Å². The van der Waals surface area contributed by atoms with Crippen LogP contribution in [0.2, 0.25) is 0 Å². The largest absolute Gasteiger partial charge is 0.342 e. The van der Waals surface area contributed by atoms with Gasteiger partial charge in [0.2, 0.25) is 11.8 Å². The highest BCUT2D eigenvalue weighted by molar-refractivity contribution is 5.95. The molecule has 0 aromatic carbocycles. The van der Waals surface area contributed by atoms with Gasteiger partial charge in [-0.15, -0.1) is 0 Å². The summed E-state index contributed by atoms with van der Waals surface area (Å²) in [5.41, 5.74) is -0.237. The Labute approximate surface area is 120 Å². The molecule has 0 radical (unpaired) electrons. The van der Waals surface area contributed by atoms with Crippen LogP contribution in [0.25, 0.3) is 0 Å². The average molecular weight is 279 g/mol. The van der Waals surface area contributed by atoms with Crippen molar-refractivity contribution in [1.82, 2.24) is 15.1 Å². The zero-order chi connectivity index (χ0) is 14.5. The zero-order valence-corrected chi connectivity index (χ0v) is 12.7. The molecule has 0 aliphatic carbocycles. The molecule has 3 aliphatic rings. The number of nitrogens with zero attached hydrogens (tertiary/aromatic N) is 2. The van der Waals surface area contributed by atoms with E-state index in [1.54, 1.807) is 0 Å². The Morgan fingerprint density at radius 1 is 1.10 bits per heavy atom. The molecule has 3 fully saturated rings. The van der Waals surface area contributed by atoms with Crippen LogP contribution >= 0.6 is 0 Å². The van der Waals surface area contributed by atoms with Crippen molar-refractivity contribution >= 4 is 11.8 Å². The van der Waals surface area contributed by atoms with Crippen LogP contribution in [0.1, 0.15) is 40.0 Å². The third-order valence-corrected chi connectivity index (χ3v) is 4.99. The van der Waals surface area contributed by atoms with Crippen LogP contribution in [0.5, 0.6) is 0 Å². The lowest BCUT2D eigenvalue weighted by Gasteiger charge is -2.42. The molecule has 3 saturated heterocycles. The fourth-order valence-electron chi connectivity index (χ4n) is 3.95. The standard InChI is InChI=1S/C15H25N3O2/c1-15(2,3)13-14(20)18(9-12(19)16-13)11-6-8-17-7-4-5-10(11)17/h10-11,13H,4-9H2,1-3H3,(H,16,19). The lowest BCUT2D eigenvalue weighted by Crippen LogP contribution is -2.65. The van der Waals surface area contributed by atoms with Gasteiger partial charge in [-0.1, -0.05) is 20.8 Å². The first-order valence-electron chi connectivity index (χ1n) is 7.72. The summed E-state index contributed by atoms with van der Waals surface area (Å²) in [5, 5.41) is 2.88. The molecule has 2 amide bonds. The number of rotatable bonds is 1. The molecule has 0 saturated carbocycles. The van der Waals surface area contributed by atoms with Gasteiger partial charge < -0.3 is 10.2 Å². The normalized spacial score (nSPS) is 35.4. The Bertz CT molecular complexity index is 429. The number of hydrogen-bond donors (Lipinski definition) is 1. The topological polar surface area (TPSA) is 52.7 Å². The Kier molecular flexibility index (Phi) is 3.27. The molecular weight excluding hydrogens is 254 g/mol. The van der Waals surface area contributed by atoms with Crippen LogP contribution in [-0.2, 0) is 9.59 Å². The van der Waals surface area contributed by atoms with Crippen LogP contribution in [0.4, 0.5) is 0 Å². The van der Waals surface area contributed by atoms with Crippen LogP contribution in [0, 0.1) is 5.41 Å². The molecule has 3 atom stereocenters. The highest BCUT2D eigenvalue weighted by Gasteiger charge is 2.47. The van der Waals surface area contributed by atoms with E-state index in [4.69, 9.17) is 0 Å². The first-order valence-corrected chi connectivity index (χ1v) is 7.72. The molecule has 20 heavy (non-hydrogen) atoms. The van der Waals surface area contributed by atoms with Crippen molar-refractivity contribution in [1.29, 1.82) is 0 Å². The van der Waals surface area contributed by atoms with E-state index in [0.717, 1.165) is 25.9 Å². The Morgan fingerprint density at radius 2 is 1.85 bits per heavy atom. The molecule has 0 spiro atoms. The van der Waals surface area contributed by atoms with Gasteiger partial charge in [0.25, 0.3) is 0 Å². The molecule has 0 aromatic heterocycles. The van der Waals surface area contributed by atoms with Gasteiger partial charge in [0, 0.05) is 18.6 Å². The van der Waals surface area contributed by atoms with Gasteiger partial charge in [0.1, 0.15) is 6.04 Å². The monoisotopic (exact) mass is 279 g/mol. The molecule has 3 unspecified atom stereocenters. The summed E-state index contributed by atoms with van der Waals surface area (Å²) in [4.78, 5) is 29.1. The average Bonchev–Trinajstić information content (AvgIpc) is 2.92. The highest BCUT2D eigenvalue weighted by atomic mass is 16.2. The summed E-state index contributed by atoms with van der Waals surface area (Å²) >= 11 is 0. The quantitative estimate of drug-likeness (QED) is 0.764. The minimum Gasteiger partial charge on any atom is -0.342 e. The minimum atomic E-state index is -0.390. The van der Waals surface area contributed by atoms with Crippen molar-refractivity contribution in [3.05, 3.63) is 0 Å². The molecule has 1 N–H and O–H groups in total. The number of nitrogens with one attached hydrogen (secondary N) is 1. The Morgan fingerprint density at radius 3 is 2.55 bits per heavy atom. The lowest BCUT2D eigenvalue weighted by molar-refractivity contribution is -0.150. The number of carbonyl (C=O) groups excluding carboxylic acids is 2. The van der Waals surface area contributed by atoms with E-state index >= 15 is 0 Å². The minimum absolute atomic E-state index is 0.0130. The molecule has 3 rings (SSSR count). The maximum absolute atomic E-state index is 12.8. The van der Waals surface area contributed by atoms with Gasteiger partial charge in [0.15, 0.2) is 0 Å². The number of hydrogen-bond acceptors (Lipinski definition) is 3. The molecule has 112 valence electrons. The van der Waals surface area contributed by atoms with Gasteiger partial charge >= 0.3 is 0 Å². The van der Waals surface area contributed by atoms with Crippen LogP contribution in [0.15, 0.2) is 0 Å². The fraction of sp³-hybridized carbons (Fsp3) is 0.867. The van der Waals surface area contributed by atoms with Crippen molar-refractivity contribution < 1.29 is 9.59 Å². The first-order chi connectivity index (χ1) is 9.38. The van der Waals surface area contributed by atoms with E-state index in [1.165, 1.54) is 6.42 Å². The molecule has 3 heterocycles. The van der Waals surface area contributed by atoms with E-state index in [0.29, 0.717) is 6.04 Å². The van der Waals surface area contributed by atoms with Gasteiger partial charge in [0.05, 0.1) is 6.54 Å². The predicted octanol–water partition coefficient (Wildman–Crippen LogP) is 0.596. The zero-order valence-electron chi connectivity index (χ0n) is 12.7. The second-order valence-electron chi connectivity index (χ2n) is 7.43. The molecule has 0 aromatic rings. The van der Waals surface area contributed by atoms with E-state index in [2.05, 4.69) is 10.2 Å². The van der Waals surface area contributed by atoms with Crippen LogP contribution in [0.3, 0.4) is 0 Å². The highest BCUT2D eigenvalue weighted by Crippen LogP contribution is 2.33. The summed E-state index contributed by atoms with van der Waals surface area (Å²) in [6.45, 7) is 8.49. The van der Waals surface area contributed by atoms with E-state index in [9.17, 15) is 9.59 Å². The van der Waals surface area contributed by atoms with E-state index in [1.807, 2.05) is 25.7 Å². The smallest absolute Gasteiger partial charge is 0.246 e. The van der Waals surface area contributed by atoms with Gasteiger partial charge in [-0.05, 0) is 31.2 Å². The number of piperazine rings is 1. The Hall–Kier alpha value is -1.10. The molecule has 5 nitrogen and oxygen atoms in total. The summed E-state index contributed by atoms with van der Waals surface area (Å²) in [7, 11) is 0. The van der Waals surface area contributed by atoms with Gasteiger partial charge in [-0.25, -0.2) is 0 Å². The second kappa shape index (κ2) is 4.72. The molecular formula is C15H25N3O2. The summed E-state index contributed by atoms with van der Waals surface area (Å²) < 4.78 is 0. The molecule has 3 aliphatic heterocycles. The maximum Gasteiger partial charge on any atom is 0.246 e. The van der Waals surface area contributed by atoms with Crippen LogP contribution in [-0.4, -0.2) is 59.4 Å². The SMILES string of the molecule is CC(C)(C)C1NC(=O)CN(C2CCN3CCCC23)C1=O. The first kappa shape index (κ1) is 13.9. The van der Waals surface area contributed by atoms with Gasteiger partial charge in [-0.2, -0.15) is 0 Å².